The summed E-state index contributed by atoms with van der Waals surface area (Å²) < 4.78 is 0. The Kier molecular flexibility index (Phi) is 4.71. The molecule has 2 fully saturated rings. The van der Waals surface area contributed by atoms with Crippen LogP contribution in [-0.4, -0.2) is 37.1 Å². The minimum absolute atomic E-state index is 0. The van der Waals surface area contributed by atoms with Gasteiger partial charge in [-0.2, -0.15) is 0 Å². The molecule has 0 aromatic carbocycles. The smallest absolute Gasteiger partial charge is 0.0198 e. The van der Waals surface area contributed by atoms with Crippen molar-refractivity contribution in [1.29, 1.82) is 0 Å². The number of likely N-dealkylation sites (N-methyl/N-ethyl adjacent to an activating group) is 1. The van der Waals surface area contributed by atoms with E-state index in [0.29, 0.717) is 0 Å². The Labute approximate surface area is 80.5 Å². The molecular formula is C7H16Cl2N2. The van der Waals surface area contributed by atoms with Gasteiger partial charge in [-0.15, -0.1) is 24.8 Å². The molecule has 2 atom stereocenters. The van der Waals surface area contributed by atoms with Crippen LogP contribution in [0.25, 0.3) is 0 Å². The third kappa shape index (κ3) is 2.48. The van der Waals surface area contributed by atoms with E-state index in [-0.39, 0.29) is 24.8 Å². The van der Waals surface area contributed by atoms with Crippen LogP contribution in [0, 0.1) is 0 Å². The zero-order valence-corrected chi connectivity index (χ0v) is 8.38. The zero-order valence-electron chi connectivity index (χ0n) is 6.75. The van der Waals surface area contributed by atoms with Gasteiger partial charge in [-0.25, -0.2) is 0 Å². The molecule has 0 spiro atoms. The molecular weight excluding hydrogens is 183 g/mol. The lowest BCUT2D eigenvalue weighted by molar-refractivity contribution is 0.235. The minimum atomic E-state index is 0. The molecule has 2 heterocycles. The van der Waals surface area contributed by atoms with Crippen LogP contribution in [0.4, 0.5) is 0 Å². The Morgan fingerprint density at radius 1 is 1.09 bits per heavy atom. The van der Waals surface area contributed by atoms with Crippen molar-refractivity contribution < 1.29 is 0 Å². The second kappa shape index (κ2) is 4.51. The van der Waals surface area contributed by atoms with Gasteiger partial charge in [0.1, 0.15) is 0 Å². The first-order valence-corrected chi connectivity index (χ1v) is 3.79. The highest BCUT2D eigenvalue weighted by atomic mass is 35.5. The number of rotatable bonds is 0. The molecule has 0 aliphatic carbocycles. The second-order valence-electron chi connectivity index (χ2n) is 3.36. The molecule has 2 nitrogen and oxygen atoms in total. The van der Waals surface area contributed by atoms with Gasteiger partial charge in [0.25, 0.3) is 0 Å². The topological polar surface area (TPSA) is 15.3 Å². The van der Waals surface area contributed by atoms with Crippen molar-refractivity contribution in [3.8, 4) is 0 Å². The number of hydrogen-bond donors (Lipinski definition) is 1. The van der Waals surface area contributed by atoms with Gasteiger partial charge in [0.05, 0.1) is 0 Å². The minimum Gasteiger partial charge on any atom is -0.309 e. The first-order chi connectivity index (χ1) is 4.34. The van der Waals surface area contributed by atoms with Crippen molar-refractivity contribution >= 4 is 24.8 Å². The van der Waals surface area contributed by atoms with E-state index in [1.54, 1.807) is 0 Å². The average molecular weight is 199 g/mol. The molecule has 2 rings (SSSR count). The largest absolute Gasteiger partial charge is 0.309 e. The van der Waals surface area contributed by atoms with Crippen LogP contribution in [0.1, 0.15) is 12.8 Å². The SMILES string of the molecule is CN1CC2CCC(C1)N2.Cl.Cl. The summed E-state index contributed by atoms with van der Waals surface area (Å²) in [6.45, 7) is 2.52. The lowest BCUT2D eigenvalue weighted by Gasteiger charge is -2.29. The van der Waals surface area contributed by atoms with Crippen LogP contribution < -0.4 is 5.32 Å². The van der Waals surface area contributed by atoms with E-state index in [9.17, 15) is 0 Å². The van der Waals surface area contributed by atoms with Crippen LogP contribution >= 0.6 is 24.8 Å². The van der Waals surface area contributed by atoms with Crippen LogP contribution in [0.5, 0.6) is 0 Å². The lowest BCUT2D eigenvalue weighted by Crippen LogP contribution is -2.49. The number of halogens is 2. The van der Waals surface area contributed by atoms with Gasteiger partial charge in [-0.1, -0.05) is 0 Å². The molecule has 0 aromatic heterocycles. The van der Waals surface area contributed by atoms with E-state index in [1.807, 2.05) is 0 Å². The Morgan fingerprint density at radius 2 is 1.55 bits per heavy atom. The maximum Gasteiger partial charge on any atom is 0.0198 e. The molecule has 0 radical (unpaired) electrons. The third-order valence-electron chi connectivity index (χ3n) is 2.40. The first kappa shape index (κ1) is 11.5. The molecule has 2 aliphatic rings. The summed E-state index contributed by atoms with van der Waals surface area (Å²) >= 11 is 0. The van der Waals surface area contributed by atoms with E-state index in [2.05, 4.69) is 17.3 Å². The normalized spacial score (nSPS) is 35.7. The number of piperazine rings is 1. The second-order valence-corrected chi connectivity index (χ2v) is 3.36. The molecule has 68 valence electrons. The fraction of sp³-hybridized carbons (Fsp3) is 1.00. The highest BCUT2D eigenvalue weighted by molar-refractivity contribution is 5.85. The van der Waals surface area contributed by atoms with Crippen molar-refractivity contribution in [3.05, 3.63) is 0 Å². The van der Waals surface area contributed by atoms with Crippen molar-refractivity contribution in [1.82, 2.24) is 10.2 Å². The standard InChI is InChI=1S/C7H14N2.2ClH/c1-9-4-6-2-3-7(5-9)8-6;;/h6-8H,2-5H2,1H3;2*1H. The lowest BCUT2D eigenvalue weighted by atomic mass is 10.2. The Balaban J connectivity index is 0.000000500. The van der Waals surface area contributed by atoms with Gasteiger partial charge in [0.2, 0.25) is 0 Å². The van der Waals surface area contributed by atoms with E-state index in [0.717, 1.165) is 12.1 Å². The van der Waals surface area contributed by atoms with Gasteiger partial charge in [0.15, 0.2) is 0 Å². The summed E-state index contributed by atoms with van der Waals surface area (Å²) in [7, 11) is 2.21. The first-order valence-electron chi connectivity index (χ1n) is 3.79. The fourth-order valence-corrected chi connectivity index (χ4v) is 2.02. The van der Waals surface area contributed by atoms with E-state index >= 15 is 0 Å². The molecule has 2 bridgehead atoms. The molecule has 4 heteroatoms. The third-order valence-corrected chi connectivity index (χ3v) is 2.40. The van der Waals surface area contributed by atoms with Crippen molar-refractivity contribution in [2.75, 3.05) is 20.1 Å². The highest BCUT2D eigenvalue weighted by Crippen LogP contribution is 2.18. The van der Waals surface area contributed by atoms with Gasteiger partial charge in [0, 0.05) is 25.2 Å². The van der Waals surface area contributed by atoms with E-state index in [4.69, 9.17) is 0 Å². The predicted octanol–water partition coefficient (Wildman–Crippen LogP) is 0.896. The maximum absolute atomic E-state index is 3.58. The summed E-state index contributed by atoms with van der Waals surface area (Å²) in [6, 6.07) is 1.63. The van der Waals surface area contributed by atoms with Crippen LogP contribution in [0.15, 0.2) is 0 Å². The Bertz CT molecular complexity index is 109. The quantitative estimate of drug-likeness (QED) is 0.623. The monoisotopic (exact) mass is 198 g/mol. The number of hydrogen-bond acceptors (Lipinski definition) is 2. The predicted molar refractivity (Wildman–Crippen MR) is 51.9 cm³/mol. The molecule has 2 aliphatic heterocycles. The maximum atomic E-state index is 3.58. The van der Waals surface area contributed by atoms with E-state index in [1.165, 1.54) is 25.9 Å². The van der Waals surface area contributed by atoms with Crippen LogP contribution in [-0.2, 0) is 0 Å². The number of nitrogens with one attached hydrogen (secondary N) is 1. The molecule has 0 aromatic rings. The number of likely N-dealkylation sites (tertiary alicyclic amines) is 1. The van der Waals surface area contributed by atoms with Crippen LogP contribution in [0.2, 0.25) is 0 Å². The summed E-state index contributed by atoms with van der Waals surface area (Å²) in [5.74, 6) is 0. The number of nitrogens with zero attached hydrogens (tertiary/aromatic N) is 1. The molecule has 0 amide bonds. The van der Waals surface area contributed by atoms with Gasteiger partial charge >= 0.3 is 0 Å². The van der Waals surface area contributed by atoms with Gasteiger partial charge in [-0.3, -0.25) is 0 Å². The van der Waals surface area contributed by atoms with E-state index < -0.39 is 0 Å². The zero-order chi connectivity index (χ0) is 6.27. The van der Waals surface area contributed by atoms with Gasteiger partial charge < -0.3 is 10.2 Å². The molecule has 2 unspecified atom stereocenters. The Morgan fingerprint density at radius 3 is 2.00 bits per heavy atom. The van der Waals surface area contributed by atoms with Crippen LogP contribution in [0.3, 0.4) is 0 Å². The molecule has 11 heavy (non-hydrogen) atoms. The summed E-state index contributed by atoms with van der Waals surface area (Å²) in [5.41, 5.74) is 0. The summed E-state index contributed by atoms with van der Waals surface area (Å²) in [5, 5.41) is 3.58. The Hall–Kier alpha value is 0.500. The summed E-state index contributed by atoms with van der Waals surface area (Å²) in [6.07, 6.45) is 2.80. The molecule has 1 N–H and O–H groups in total. The highest BCUT2D eigenvalue weighted by Gasteiger charge is 2.29. The average Bonchev–Trinajstić information content (AvgIpc) is 2.11. The molecule has 2 saturated heterocycles. The summed E-state index contributed by atoms with van der Waals surface area (Å²) in [4.78, 5) is 2.43. The number of fused-ring (bicyclic) bond motifs is 2. The fourth-order valence-electron chi connectivity index (χ4n) is 2.02. The van der Waals surface area contributed by atoms with Crippen molar-refractivity contribution in [3.63, 3.8) is 0 Å². The van der Waals surface area contributed by atoms with Gasteiger partial charge in [-0.05, 0) is 19.9 Å². The molecule has 0 saturated carbocycles. The van der Waals surface area contributed by atoms with Crippen molar-refractivity contribution in [2.24, 2.45) is 0 Å². The van der Waals surface area contributed by atoms with Crippen molar-refractivity contribution in [2.45, 2.75) is 24.9 Å².